The normalized spacial score (nSPS) is 21.9. The van der Waals surface area contributed by atoms with Gasteiger partial charge in [0, 0.05) is 36.8 Å². The van der Waals surface area contributed by atoms with Crippen LogP contribution in [-0.2, 0) is 16.6 Å². The second-order valence-electron chi connectivity index (χ2n) is 9.25. The summed E-state index contributed by atoms with van der Waals surface area (Å²) in [5, 5.41) is 20.4. The van der Waals surface area contributed by atoms with E-state index in [1.165, 1.54) is 22.8 Å². The highest BCUT2D eigenvalue weighted by molar-refractivity contribution is 7.88. The molecule has 2 atom stereocenters. The number of aliphatic hydroxyl groups is 2. The molecule has 13 heteroatoms. The summed E-state index contributed by atoms with van der Waals surface area (Å²) >= 11 is 6.37. The Balaban J connectivity index is 1.45. The SMILES string of the molecule is CS(=O)(=O)N1CC[C@@H](C=Nc2ncc(Cl)c(-c3cc(F)c4nc(CO)n(C5CCC5)c4c3)n2)[C@H](O)C1. The first-order valence-corrected chi connectivity index (χ1v) is 13.9. The van der Waals surface area contributed by atoms with Gasteiger partial charge in [-0.05, 0) is 37.8 Å². The molecule has 1 aliphatic carbocycles. The summed E-state index contributed by atoms with van der Waals surface area (Å²) in [6.45, 7) is -0.0167. The van der Waals surface area contributed by atoms with Gasteiger partial charge in [0.05, 0.1) is 34.8 Å². The standard InChI is InChI=1S/C23H26ClFN6O4S/c1-36(34,35)30-6-5-13(19(33)11-30)9-26-23-27-10-16(24)21(29-23)14-7-17(25)22-18(8-14)31(15-3-2-4-15)20(12-32)28-22/h7-10,13,15,19,32-33H,2-6,11-12H2,1H3/t13-,19+/m0/s1. The minimum atomic E-state index is -3.38. The van der Waals surface area contributed by atoms with Crippen LogP contribution in [0.2, 0.25) is 5.02 Å². The number of aromatic nitrogens is 4. The molecule has 2 N–H and O–H groups in total. The van der Waals surface area contributed by atoms with E-state index < -0.39 is 21.9 Å². The predicted octanol–water partition coefficient (Wildman–Crippen LogP) is 2.85. The van der Waals surface area contributed by atoms with Crippen molar-refractivity contribution in [2.45, 2.75) is 44.4 Å². The monoisotopic (exact) mass is 536 g/mol. The number of hydrogen-bond acceptors (Lipinski definition) is 8. The summed E-state index contributed by atoms with van der Waals surface area (Å²) in [5.41, 5.74) is 1.47. The number of imidazole rings is 1. The van der Waals surface area contributed by atoms with Gasteiger partial charge >= 0.3 is 0 Å². The van der Waals surface area contributed by atoms with Crippen LogP contribution in [0.4, 0.5) is 10.3 Å². The van der Waals surface area contributed by atoms with Crippen molar-refractivity contribution in [1.29, 1.82) is 0 Å². The lowest BCUT2D eigenvalue weighted by Gasteiger charge is -2.32. The van der Waals surface area contributed by atoms with Crippen LogP contribution in [0.25, 0.3) is 22.3 Å². The zero-order valence-electron chi connectivity index (χ0n) is 19.5. The fourth-order valence-electron chi connectivity index (χ4n) is 4.68. The lowest BCUT2D eigenvalue weighted by Crippen LogP contribution is -2.46. The van der Waals surface area contributed by atoms with Crippen molar-refractivity contribution in [3.8, 4) is 11.3 Å². The van der Waals surface area contributed by atoms with E-state index in [9.17, 15) is 18.6 Å². The number of nitrogens with zero attached hydrogens (tertiary/aromatic N) is 6. The van der Waals surface area contributed by atoms with E-state index >= 15 is 4.39 Å². The maximum Gasteiger partial charge on any atom is 0.249 e. The molecule has 0 amide bonds. The quantitative estimate of drug-likeness (QED) is 0.463. The Morgan fingerprint density at radius 2 is 2.06 bits per heavy atom. The predicted molar refractivity (Wildman–Crippen MR) is 133 cm³/mol. The molecule has 3 heterocycles. The fourth-order valence-corrected chi connectivity index (χ4v) is 5.74. The maximum absolute atomic E-state index is 15.1. The Hall–Kier alpha value is -2.51. The Labute approximate surface area is 212 Å². The van der Waals surface area contributed by atoms with Crippen LogP contribution in [0.3, 0.4) is 0 Å². The number of aliphatic hydroxyl groups excluding tert-OH is 2. The smallest absolute Gasteiger partial charge is 0.249 e. The summed E-state index contributed by atoms with van der Waals surface area (Å²) in [7, 11) is -3.38. The highest BCUT2D eigenvalue weighted by Crippen LogP contribution is 2.38. The molecule has 2 fully saturated rings. The summed E-state index contributed by atoms with van der Waals surface area (Å²) in [6.07, 6.45) is 6.44. The molecule has 1 saturated heterocycles. The third-order valence-electron chi connectivity index (χ3n) is 6.86. The van der Waals surface area contributed by atoms with Crippen molar-refractivity contribution in [2.75, 3.05) is 19.3 Å². The average molecular weight is 537 g/mol. The molecule has 10 nitrogen and oxygen atoms in total. The van der Waals surface area contributed by atoms with Gasteiger partial charge in [-0.25, -0.2) is 32.8 Å². The molecule has 0 unspecified atom stereocenters. The van der Waals surface area contributed by atoms with E-state index in [1.807, 2.05) is 4.57 Å². The van der Waals surface area contributed by atoms with E-state index in [0.717, 1.165) is 25.5 Å². The largest absolute Gasteiger partial charge is 0.391 e. The van der Waals surface area contributed by atoms with Crippen LogP contribution >= 0.6 is 11.6 Å². The molecule has 36 heavy (non-hydrogen) atoms. The van der Waals surface area contributed by atoms with Crippen LogP contribution in [0.5, 0.6) is 0 Å². The zero-order chi connectivity index (χ0) is 25.6. The number of halogens is 2. The van der Waals surface area contributed by atoms with Gasteiger partial charge in [-0.3, -0.25) is 0 Å². The van der Waals surface area contributed by atoms with Gasteiger partial charge in [0.2, 0.25) is 16.0 Å². The molecule has 5 rings (SSSR count). The van der Waals surface area contributed by atoms with Crippen LogP contribution in [0, 0.1) is 11.7 Å². The Kier molecular flexibility index (Phi) is 6.81. The molecular weight excluding hydrogens is 511 g/mol. The van der Waals surface area contributed by atoms with Gasteiger partial charge in [0.15, 0.2) is 5.82 Å². The molecule has 2 aromatic heterocycles. The number of fused-ring (bicyclic) bond motifs is 1. The van der Waals surface area contributed by atoms with E-state index in [2.05, 4.69) is 19.9 Å². The minimum Gasteiger partial charge on any atom is -0.391 e. The molecule has 192 valence electrons. The number of benzene rings is 1. The van der Waals surface area contributed by atoms with Crippen LogP contribution in [0.15, 0.2) is 23.3 Å². The van der Waals surface area contributed by atoms with E-state index in [0.29, 0.717) is 29.0 Å². The molecule has 1 aliphatic heterocycles. The molecule has 1 saturated carbocycles. The molecule has 0 spiro atoms. The van der Waals surface area contributed by atoms with Crippen molar-refractivity contribution in [3.63, 3.8) is 0 Å². The van der Waals surface area contributed by atoms with Crippen LogP contribution in [0.1, 0.15) is 37.5 Å². The van der Waals surface area contributed by atoms with E-state index in [1.54, 1.807) is 6.07 Å². The number of hydrogen-bond donors (Lipinski definition) is 2. The van der Waals surface area contributed by atoms with E-state index in [4.69, 9.17) is 11.6 Å². The van der Waals surface area contributed by atoms with Gasteiger partial charge < -0.3 is 14.8 Å². The minimum absolute atomic E-state index is 0.00790. The van der Waals surface area contributed by atoms with Gasteiger partial charge in [-0.15, -0.1) is 0 Å². The van der Waals surface area contributed by atoms with Crippen molar-refractivity contribution < 1.29 is 23.0 Å². The first kappa shape index (κ1) is 25.2. The third-order valence-corrected chi connectivity index (χ3v) is 8.40. The Morgan fingerprint density at radius 1 is 1.28 bits per heavy atom. The molecule has 0 radical (unpaired) electrons. The third kappa shape index (κ3) is 4.75. The van der Waals surface area contributed by atoms with Crippen molar-refractivity contribution in [2.24, 2.45) is 10.9 Å². The maximum atomic E-state index is 15.1. The summed E-state index contributed by atoms with van der Waals surface area (Å²) in [5.74, 6) is -0.412. The highest BCUT2D eigenvalue weighted by atomic mass is 35.5. The lowest BCUT2D eigenvalue weighted by atomic mass is 9.92. The molecule has 0 bridgehead atoms. The number of piperidine rings is 1. The van der Waals surface area contributed by atoms with Crippen LogP contribution < -0.4 is 0 Å². The first-order valence-electron chi connectivity index (χ1n) is 11.7. The number of β-amino-alcohol motifs (C(OH)–C–C–N with tert-alkyl or cyclic N) is 1. The topological polar surface area (TPSA) is 134 Å². The second-order valence-corrected chi connectivity index (χ2v) is 11.6. The Morgan fingerprint density at radius 3 is 2.69 bits per heavy atom. The second kappa shape index (κ2) is 9.75. The zero-order valence-corrected chi connectivity index (χ0v) is 21.1. The Bertz CT molecular complexity index is 1440. The summed E-state index contributed by atoms with van der Waals surface area (Å²) in [6, 6.07) is 3.22. The molecular formula is C23H26ClFN6O4S. The number of rotatable bonds is 6. The van der Waals surface area contributed by atoms with Crippen molar-refractivity contribution in [3.05, 3.63) is 35.0 Å². The van der Waals surface area contributed by atoms with Crippen molar-refractivity contribution >= 4 is 44.8 Å². The number of sulfonamides is 1. The van der Waals surface area contributed by atoms with Gasteiger partial charge in [0.25, 0.3) is 0 Å². The average Bonchev–Trinajstić information content (AvgIpc) is 3.16. The molecule has 2 aliphatic rings. The van der Waals surface area contributed by atoms with E-state index in [-0.39, 0.29) is 48.1 Å². The first-order chi connectivity index (χ1) is 17.2. The van der Waals surface area contributed by atoms with Crippen molar-refractivity contribution in [1.82, 2.24) is 23.8 Å². The summed E-state index contributed by atoms with van der Waals surface area (Å²) < 4.78 is 41.7. The van der Waals surface area contributed by atoms with Gasteiger partial charge in [-0.1, -0.05) is 11.6 Å². The van der Waals surface area contributed by atoms with Crippen LogP contribution in [-0.4, -0.2) is 74.1 Å². The lowest BCUT2D eigenvalue weighted by molar-refractivity contribution is 0.0829. The highest BCUT2D eigenvalue weighted by Gasteiger charge is 2.31. The summed E-state index contributed by atoms with van der Waals surface area (Å²) in [4.78, 5) is 17.1. The fraction of sp³-hybridized carbons (Fsp3) is 0.478. The van der Waals surface area contributed by atoms with Gasteiger partial charge in [-0.2, -0.15) is 4.31 Å². The number of aliphatic imine (C=N–C) groups is 1. The van der Waals surface area contributed by atoms with Gasteiger partial charge in [0.1, 0.15) is 17.9 Å². The molecule has 1 aromatic carbocycles. The molecule has 3 aromatic rings.